The molecule has 0 aliphatic carbocycles. The summed E-state index contributed by atoms with van der Waals surface area (Å²) in [5, 5.41) is 38.6. The van der Waals surface area contributed by atoms with E-state index in [0.717, 1.165) is 57.8 Å². The Hall–Kier alpha value is -1.22. The van der Waals surface area contributed by atoms with Crippen molar-refractivity contribution in [3.05, 3.63) is 0 Å². The van der Waals surface area contributed by atoms with Gasteiger partial charge in [0.05, 0.1) is 19.1 Å². The number of aliphatic carboxylic acids is 1. The lowest BCUT2D eigenvalue weighted by Crippen LogP contribution is -2.43. The fourth-order valence-electron chi connectivity index (χ4n) is 6.98. The molecule has 0 radical (unpaired) electrons. The van der Waals surface area contributed by atoms with Gasteiger partial charge in [0.2, 0.25) is 0 Å². The topological polar surface area (TPSA) is 134 Å². The molecule has 1 rings (SSSR count). The van der Waals surface area contributed by atoms with Crippen LogP contribution in [0.3, 0.4) is 0 Å². The maximum absolute atomic E-state index is 13.3. The first-order chi connectivity index (χ1) is 23.4. The van der Waals surface area contributed by atoms with Gasteiger partial charge in [0.1, 0.15) is 18.3 Å². The van der Waals surface area contributed by atoms with Crippen LogP contribution in [-0.4, -0.2) is 70.0 Å². The summed E-state index contributed by atoms with van der Waals surface area (Å²) >= 11 is 0. The molecular formula is C40H76O8. The fourth-order valence-corrected chi connectivity index (χ4v) is 6.98. The lowest BCUT2D eigenvalue weighted by Gasteiger charge is -2.26. The standard InChI is InChI=1S/C40H76O8/c1-2-3-4-5-6-7-8-9-11-14-17-20-23-26-29-34(40(46)48-36(32-41)39-38(45)35(42)33-47-39)30-27-24-21-18-15-12-10-13-16-19-22-25-28-31-37(43)44/h34-36,38-39,41-42,45H,2-33H2,1H3,(H,43,44)/t34?,35-,36+,38+,39+/m0/s1. The van der Waals surface area contributed by atoms with E-state index in [1.54, 1.807) is 0 Å². The van der Waals surface area contributed by atoms with Gasteiger partial charge in [-0.3, -0.25) is 9.59 Å². The molecule has 1 aliphatic rings. The first-order valence-corrected chi connectivity index (χ1v) is 20.4. The Bertz CT molecular complexity index is 747. The van der Waals surface area contributed by atoms with E-state index in [1.165, 1.54) is 128 Å². The van der Waals surface area contributed by atoms with Gasteiger partial charge in [-0.1, -0.05) is 174 Å². The number of esters is 1. The molecule has 0 bridgehead atoms. The minimum Gasteiger partial charge on any atom is -0.481 e. The highest BCUT2D eigenvalue weighted by Crippen LogP contribution is 2.25. The molecule has 1 saturated heterocycles. The number of hydrogen-bond donors (Lipinski definition) is 4. The Morgan fingerprint density at radius 2 is 1.00 bits per heavy atom. The van der Waals surface area contributed by atoms with E-state index in [1.807, 2.05) is 0 Å². The number of carboxylic acid groups (broad SMARTS) is 1. The number of carbonyl (C=O) groups excluding carboxylic acids is 1. The Morgan fingerprint density at radius 3 is 1.33 bits per heavy atom. The molecule has 0 amide bonds. The van der Waals surface area contributed by atoms with Crippen LogP contribution in [-0.2, 0) is 19.1 Å². The number of hydrogen-bond acceptors (Lipinski definition) is 7. The summed E-state index contributed by atoms with van der Waals surface area (Å²) in [6.07, 6.45) is 30.8. The third-order valence-electron chi connectivity index (χ3n) is 10.2. The molecule has 0 aromatic carbocycles. The van der Waals surface area contributed by atoms with Gasteiger partial charge in [0, 0.05) is 6.42 Å². The van der Waals surface area contributed by atoms with Crippen molar-refractivity contribution in [2.45, 2.75) is 224 Å². The molecule has 0 aromatic rings. The molecule has 0 saturated carbocycles. The highest BCUT2D eigenvalue weighted by molar-refractivity contribution is 5.72. The van der Waals surface area contributed by atoms with Gasteiger partial charge in [0.15, 0.2) is 6.10 Å². The van der Waals surface area contributed by atoms with Gasteiger partial charge < -0.3 is 29.9 Å². The number of aliphatic hydroxyl groups excluding tert-OH is 3. The molecule has 1 aliphatic heterocycles. The number of unbranched alkanes of at least 4 members (excludes halogenated alkanes) is 25. The number of ether oxygens (including phenoxy) is 2. The molecule has 284 valence electrons. The summed E-state index contributed by atoms with van der Waals surface area (Å²) in [7, 11) is 0. The highest BCUT2D eigenvalue weighted by atomic mass is 16.6. The molecule has 8 heteroatoms. The predicted octanol–water partition coefficient (Wildman–Crippen LogP) is 9.43. The Kier molecular flexibility index (Phi) is 29.6. The first-order valence-electron chi connectivity index (χ1n) is 20.4. The summed E-state index contributed by atoms with van der Waals surface area (Å²) in [4.78, 5) is 23.8. The molecule has 8 nitrogen and oxygen atoms in total. The van der Waals surface area contributed by atoms with E-state index in [0.29, 0.717) is 6.42 Å². The van der Waals surface area contributed by atoms with Crippen LogP contribution in [0.25, 0.3) is 0 Å². The van der Waals surface area contributed by atoms with Crippen molar-refractivity contribution < 1.29 is 39.5 Å². The average molecular weight is 685 g/mol. The van der Waals surface area contributed by atoms with Gasteiger partial charge in [0.25, 0.3) is 0 Å². The van der Waals surface area contributed by atoms with E-state index < -0.39 is 37.0 Å². The monoisotopic (exact) mass is 685 g/mol. The maximum Gasteiger partial charge on any atom is 0.309 e. The van der Waals surface area contributed by atoms with Gasteiger partial charge in [-0.2, -0.15) is 0 Å². The molecule has 1 heterocycles. The van der Waals surface area contributed by atoms with Crippen LogP contribution in [0.5, 0.6) is 0 Å². The van der Waals surface area contributed by atoms with Crippen molar-refractivity contribution in [2.75, 3.05) is 13.2 Å². The van der Waals surface area contributed by atoms with E-state index in [-0.39, 0.29) is 18.5 Å². The normalized spacial score (nSPS) is 19.0. The van der Waals surface area contributed by atoms with E-state index >= 15 is 0 Å². The van der Waals surface area contributed by atoms with Crippen LogP contribution in [0.4, 0.5) is 0 Å². The molecule has 0 aromatic heterocycles. The predicted molar refractivity (Wildman–Crippen MR) is 194 cm³/mol. The Morgan fingerprint density at radius 1 is 0.625 bits per heavy atom. The molecule has 4 N–H and O–H groups in total. The van der Waals surface area contributed by atoms with Gasteiger partial charge in [-0.25, -0.2) is 0 Å². The molecule has 48 heavy (non-hydrogen) atoms. The van der Waals surface area contributed by atoms with Crippen LogP contribution >= 0.6 is 0 Å². The zero-order chi connectivity index (χ0) is 35.1. The van der Waals surface area contributed by atoms with Crippen LogP contribution in [0.2, 0.25) is 0 Å². The second-order valence-electron chi connectivity index (χ2n) is 14.6. The largest absolute Gasteiger partial charge is 0.481 e. The van der Waals surface area contributed by atoms with Gasteiger partial charge in [-0.15, -0.1) is 0 Å². The van der Waals surface area contributed by atoms with Crippen molar-refractivity contribution in [1.82, 2.24) is 0 Å². The third kappa shape index (κ3) is 24.0. The summed E-state index contributed by atoms with van der Waals surface area (Å²) in [6, 6.07) is 0. The fraction of sp³-hybridized carbons (Fsp3) is 0.950. The third-order valence-corrected chi connectivity index (χ3v) is 10.2. The summed E-state index contributed by atoms with van der Waals surface area (Å²) in [6.45, 7) is 1.79. The van der Waals surface area contributed by atoms with Crippen molar-refractivity contribution >= 4 is 11.9 Å². The average Bonchev–Trinajstić information content (AvgIpc) is 3.41. The van der Waals surface area contributed by atoms with Crippen molar-refractivity contribution in [3.8, 4) is 0 Å². The molecule has 5 atom stereocenters. The Balaban J connectivity index is 2.26. The number of carboxylic acids is 1. The van der Waals surface area contributed by atoms with Crippen LogP contribution in [0.1, 0.15) is 200 Å². The highest BCUT2D eigenvalue weighted by Gasteiger charge is 2.42. The zero-order valence-electron chi connectivity index (χ0n) is 30.9. The summed E-state index contributed by atoms with van der Waals surface area (Å²) in [5.41, 5.74) is 0. The first kappa shape index (κ1) is 44.8. The number of rotatable bonds is 35. The van der Waals surface area contributed by atoms with Crippen LogP contribution in [0, 0.1) is 5.92 Å². The number of aliphatic hydroxyl groups is 3. The zero-order valence-corrected chi connectivity index (χ0v) is 30.9. The van der Waals surface area contributed by atoms with Crippen molar-refractivity contribution in [2.24, 2.45) is 5.92 Å². The minimum atomic E-state index is -1.17. The Labute approximate surface area is 294 Å². The molecule has 1 fully saturated rings. The van der Waals surface area contributed by atoms with Crippen LogP contribution < -0.4 is 0 Å². The van der Waals surface area contributed by atoms with Crippen molar-refractivity contribution in [1.29, 1.82) is 0 Å². The second-order valence-corrected chi connectivity index (χ2v) is 14.6. The van der Waals surface area contributed by atoms with Crippen LogP contribution in [0.15, 0.2) is 0 Å². The van der Waals surface area contributed by atoms with E-state index in [2.05, 4.69) is 6.92 Å². The lowest BCUT2D eigenvalue weighted by molar-refractivity contribution is -0.168. The molecular weight excluding hydrogens is 608 g/mol. The summed E-state index contributed by atoms with van der Waals surface area (Å²) in [5.74, 6) is -1.23. The van der Waals surface area contributed by atoms with Crippen molar-refractivity contribution in [3.63, 3.8) is 0 Å². The van der Waals surface area contributed by atoms with Gasteiger partial charge >= 0.3 is 11.9 Å². The summed E-state index contributed by atoms with van der Waals surface area (Å²) < 4.78 is 11.1. The van der Waals surface area contributed by atoms with E-state index in [4.69, 9.17) is 14.6 Å². The molecule has 0 spiro atoms. The lowest BCUT2D eigenvalue weighted by atomic mass is 9.93. The molecule has 1 unspecified atom stereocenters. The van der Waals surface area contributed by atoms with E-state index in [9.17, 15) is 24.9 Å². The quantitative estimate of drug-likeness (QED) is 0.0383. The van der Waals surface area contributed by atoms with Gasteiger partial charge in [-0.05, 0) is 19.3 Å². The maximum atomic E-state index is 13.3. The second kappa shape index (κ2) is 31.7. The number of carbonyl (C=O) groups is 2. The SMILES string of the molecule is CCCCCCCCCCCCCCCCC(CCCCCCCCCCCCCCCC(=O)O)C(=O)O[C@H](CO)[C@H]1OC[C@H](O)[C@H]1O. The smallest absolute Gasteiger partial charge is 0.309 e. The minimum absolute atomic E-state index is 0.0292.